The molecular formula is C9H13N3O5. The first-order valence-electron chi connectivity index (χ1n) is 5.19. The van der Waals surface area contributed by atoms with E-state index in [0.717, 1.165) is 0 Å². The molecule has 4 atom stereocenters. The number of cyclic esters (lactones) is 1. The molecule has 2 saturated heterocycles. The molecule has 0 unspecified atom stereocenters. The monoisotopic (exact) mass is 243 g/mol. The van der Waals surface area contributed by atoms with E-state index in [1.165, 1.54) is 0 Å². The predicted octanol–water partition coefficient (Wildman–Crippen LogP) is 0.103. The van der Waals surface area contributed by atoms with Gasteiger partial charge < -0.3 is 19.3 Å². The molecule has 1 N–H and O–H groups in total. The molecule has 2 rings (SSSR count). The molecular weight excluding hydrogens is 230 g/mol. The van der Waals surface area contributed by atoms with Crippen molar-refractivity contribution in [1.82, 2.24) is 0 Å². The first-order valence-corrected chi connectivity index (χ1v) is 5.19. The molecule has 0 bridgehead atoms. The maximum absolute atomic E-state index is 11.2. The minimum atomic E-state index is -1.44. The molecule has 0 aromatic rings. The van der Waals surface area contributed by atoms with Crippen molar-refractivity contribution < 1.29 is 24.1 Å². The van der Waals surface area contributed by atoms with Crippen molar-refractivity contribution in [2.45, 2.75) is 44.0 Å². The second-order valence-corrected chi connectivity index (χ2v) is 4.41. The summed E-state index contributed by atoms with van der Waals surface area (Å²) in [5, 5.41) is 12.9. The minimum absolute atomic E-state index is 0.217. The Morgan fingerprint density at radius 1 is 1.59 bits per heavy atom. The van der Waals surface area contributed by atoms with Crippen LogP contribution >= 0.6 is 0 Å². The molecule has 0 amide bonds. The van der Waals surface area contributed by atoms with Gasteiger partial charge in [0.05, 0.1) is 6.61 Å². The molecule has 2 fully saturated rings. The molecule has 8 nitrogen and oxygen atoms in total. The van der Waals surface area contributed by atoms with Crippen LogP contribution in [0.15, 0.2) is 5.11 Å². The molecule has 0 aromatic carbocycles. The molecule has 8 heteroatoms. The summed E-state index contributed by atoms with van der Waals surface area (Å²) in [6, 6.07) is -0.977. The van der Waals surface area contributed by atoms with E-state index in [-0.39, 0.29) is 6.61 Å². The Morgan fingerprint density at radius 3 is 2.82 bits per heavy atom. The van der Waals surface area contributed by atoms with Gasteiger partial charge in [-0.05, 0) is 19.4 Å². The summed E-state index contributed by atoms with van der Waals surface area (Å²) < 4.78 is 15.8. The van der Waals surface area contributed by atoms with E-state index < -0.39 is 36.1 Å². The predicted molar refractivity (Wildman–Crippen MR) is 53.7 cm³/mol. The van der Waals surface area contributed by atoms with Crippen LogP contribution in [0.5, 0.6) is 0 Å². The van der Waals surface area contributed by atoms with Gasteiger partial charge in [-0.1, -0.05) is 5.11 Å². The Balaban J connectivity index is 2.15. The van der Waals surface area contributed by atoms with Crippen molar-refractivity contribution in [2.24, 2.45) is 5.11 Å². The fourth-order valence-electron chi connectivity index (χ4n) is 1.95. The zero-order chi connectivity index (χ0) is 12.6. The lowest BCUT2D eigenvalue weighted by atomic mass is 10.0. The molecule has 0 radical (unpaired) electrons. The second kappa shape index (κ2) is 4.15. The molecule has 2 aliphatic rings. The van der Waals surface area contributed by atoms with Crippen molar-refractivity contribution >= 4 is 5.97 Å². The highest BCUT2D eigenvalue weighted by molar-refractivity contribution is 5.78. The number of hydrogen-bond acceptors (Lipinski definition) is 6. The number of aliphatic hydroxyl groups excluding tert-OH is 1. The average Bonchev–Trinajstić information content (AvgIpc) is 2.73. The van der Waals surface area contributed by atoms with E-state index >= 15 is 0 Å². The lowest BCUT2D eigenvalue weighted by Crippen LogP contribution is -2.39. The van der Waals surface area contributed by atoms with Gasteiger partial charge in [-0.15, -0.1) is 0 Å². The number of carbonyl (C=O) groups is 1. The molecule has 0 aliphatic carbocycles. The number of carbonyl (C=O) groups excluding carboxylic acids is 1. The van der Waals surface area contributed by atoms with Crippen molar-refractivity contribution in [3.05, 3.63) is 10.4 Å². The van der Waals surface area contributed by atoms with E-state index in [0.29, 0.717) is 0 Å². The van der Waals surface area contributed by atoms with Crippen LogP contribution in [0.25, 0.3) is 10.4 Å². The Bertz CT molecular complexity index is 379. The minimum Gasteiger partial charge on any atom is -0.457 e. The van der Waals surface area contributed by atoms with E-state index in [1.54, 1.807) is 13.8 Å². The summed E-state index contributed by atoms with van der Waals surface area (Å²) >= 11 is 0. The van der Waals surface area contributed by atoms with Crippen molar-refractivity contribution in [3.63, 3.8) is 0 Å². The van der Waals surface area contributed by atoms with Crippen molar-refractivity contribution in [3.8, 4) is 0 Å². The van der Waals surface area contributed by atoms with Gasteiger partial charge in [0.15, 0.2) is 11.9 Å². The highest BCUT2D eigenvalue weighted by Gasteiger charge is 2.51. The van der Waals surface area contributed by atoms with Gasteiger partial charge >= 0.3 is 5.97 Å². The largest absolute Gasteiger partial charge is 0.457 e. The van der Waals surface area contributed by atoms with Crippen LogP contribution in [-0.2, 0) is 19.0 Å². The molecule has 0 saturated carbocycles. The maximum atomic E-state index is 11.2. The first-order chi connectivity index (χ1) is 7.94. The SMILES string of the molecule is CC1(C)OC[C@H]([C@H]2OC(=O)[C@@H](O)[C@@H]2N=[N+]=[N-])O1. The van der Waals surface area contributed by atoms with Gasteiger partial charge in [0.1, 0.15) is 18.2 Å². The Labute approximate surface area is 97.1 Å². The Hall–Kier alpha value is -1.34. The lowest BCUT2D eigenvalue weighted by Gasteiger charge is -2.22. The first kappa shape index (κ1) is 12.1. The Kier molecular flexibility index (Phi) is 2.96. The second-order valence-electron chi connectivity index (χ2n) is 4.41. The van der Waals surface area contributed by atoms with Gasteiger partial charge in [-0.2, -0.15) is 0 Å². The Morgan fingerprint density at radius 2 is 2.29 bits per heavy atom. The third kappa shape index (κ3) is 2.20. The summed E-state index contributed by atoms with van der Waals surface area (Å²) in [5.74, 6) is -1.58. The van der Waals surface area contributed by atoms with E-state index in [4.69, 9.17) is 19.7 Å². The zero-order valence-corrected chi connectivity index (χ0v) is 9.44. The lowest BCUT2D eigenvalue weighted by molar-refractivity contribution is -0.163. The van der Waals surface area contributed by atoms with Crippen molar-refractivity contribution in [1.29, 1.82) is 0 Å². The van der Waals surface area contributed by atoms with Crippen LogP contribution in [0.2, 0.25) is 0 Å². The van der Waals surface area contributed by atoms with Crippen LogP contribution in [0.1, 0.15) is 13.8 Å². The number of nitrogens with zero attached hydrogens (tertiary/aromatic N) is 3. The smallest absolute Gasteiger partial charge is 0.335 e. The quantitative estimate of drug-likeness (QED) is 0.320. The highest BCUT2D eigenvalue weighted by Crippen LogP contribution is 2.31. The zero-order valence-electron chi connectivity index (χ0n) is 9.44. The van der Waals surface area contributed by atoms with E-state index in [9.17, 15) is 9.90 Å². The van der Waals surface area contributed by atoms with Crippen molar-refractivity contribution in [2.75, 3.05) is 6.61 Å². The van der Waals surface area contributed by atoms with Gasteiger partial charge in [0.25, 0.3) is 0 Å². The summed E-state index contributed by atoms with van der Waals surface area (Å²) in [4.78, 5) is 13.8. The molecule has 2 heterocycles. The summed E-state index contributed by atoms with van der Waals surface area (Å²) in [7, 11) is 0. The third-order valence-corrected chi connectivity index (χ3v) is 2.74. The third-order valence-electron chi connectivity index (χ3n) is 2.74. The number of esters is 1. The molecule has 0 aromatic heterocycles. The topological polar surface area (TPSA) is 114 Å². The fraction of sp³-hybridized carbons (Fsp3) is 0.889. The van der Waals surface area contributed by atoms with Gasteiger partial charge in [0, 0.05) is 4.91 Å². The number of hydrogen-bond donors (Lipinski definition) is 1. The molecule has 2 aliphatic heterocycles. The van der Waals surface area contributed by atoms with Crippen LogP contribution in [0, 0.1) is 0 Å². The fourth-order valence-corrected chi connectivity index (χ4v) is 1.95. The average molecular weight is 243 g/mol. The normalized spacial score (nSPS) is 39.8. The van der Waals surface area contributed by atoms with Crippen LogP contribution in [0.4, 0.5) is 0 Å². The number of aliphatic hydroxyl groups is 1. The number of ether oxygens (including phenoxy) is 3. The van der Waals surface area contributed by atoms with Crippen LogP contribution in [0.3, 0.4) is 0 Å². The molecule has 0 spiro atoms. The summed E-state index contributed by atoms with van der Waals surface area (Å²) in [6.07, 6.45) is -2.79. The summed E-state index contributed by atoms with van der Waals surface area (Å²) in [5.41, 5.74) is 8.40. The number of rotatable bonds is 2. The van der Waals surface area contributed by atoms with Gasteiger partial charge in [0.2, 0.25) is 0 Å². The molecule has 94 valence electrons. The van der Waals surface area contributed by atoms with Crippen LogP contribution in [-0.4, -0.2) is 47.8 Å². The number of azide groups is 1. The standard InChI is InChI=1S/C9H13N3O5/c1-9(2)15-3-4(17-9)7-5(11-12-10)6(13)8(14)16-7/h4-7,13H,3H2,1-2H3/t4-,5+,6+,7-/m1/s1. The summed E-state index contributed by atoms with van der Waals surface area (Å²) in [6.45, 7) is 3.67. The molecule has 17 heavy (non-hydrogen) atoms. The van der Waals surface area contributed by atoms with Gasteiger partial charge in [-0.3, -0.25) is 0 Å². The van der Waals surface area contributed by atoms with Crippen LogP contribution < -0.4 is 0 Å². The highest BCUT2D eigenvalue weighted by atomic mass is 16.8. The van der Waals surface area contributed by atoms with E-state index in [2.05, 4.69) is 10.0 Å². The maximum Gasteiger partial charge on any atom is 0.335 e. The van der Waals surface area contributed by atoms with Gasteiger partial charge in [-0.25, -0.2) is 4.79 Å². The van der Waals surface area contributed by atoms with E-state index in [1.807, 2.05) is 0 Å².